The molecular weight excluding hydrogens is 208 g/mol. The molecule has 90 valence electrons. The molecule has 17 heavy (non-hydrogen) atoms. The molecule has 2 heteroatoms. The Morgan fingerprint density at radius 3 is 2.53 bits per heavy atom. The quantitative estimate of drug-likeness (QED) is 0.859. The SMILES string of the molecule is Cc1ccc(Cn2ccc(C(C)N)c2)cc1C. The fourth-order valence-electron chi connectivity index (χ4n) is 1.94. The normalized spacial score (nSPS) is 12.7. The lowest BCUT2D eigenvalue weighted by Gasteiger charge is -2.07. The van der Waals surface area contributed by atoms with E-state index >= 15 is 0 Å². The summed E-state index contributed by atoms with van der Waals surface area (Å²) in [5, 5.41) is 0. The van der Waals surface area contributed by atoms with E-state index in [2.05, 4.69) is 55.1 Å². The van der Waals surface area contributed by atoms with E-state index in [4.69, 9.17) is 5.73 Å². The summed E-state index contributed by atoms with van der Waals surface area (Å²) in [6.07, 6.45) is 4.22. The highest BCUT2D eigenvalue weighted by Crippen LogP contribution is 2.14. The summed E-state index contributed by atoms with van der Waals surface area (Å²) < 4.78 is 2.18. The zero-order valence-electron chi connectivity index (χ0n) is 10.8. The number of nitrogens with two attached hydrogens (primary N) is 1. The highest BCUT2D eigenvalue weighted by Gasteiger charge is 2.02. The maximum atomic E-state index is 5.85. The second-order valence-corrected chi connectivity index (χ2v) is 4.82. The second-order valence-electron chi connectivity index (χ2n) is 4.82. The largest absolute Gasteiger partial charge is 0.350 e. The average Bonchev–Trinajstić information content (AvgIpc) is 2.72. The van der Waals surface area contributed by atoms with E-state index in [9.17, 15) is 0 Å². The Morgan fingerprint density at radius 1 is 1.18 bits per heavy atom. The monoisotopic (exact) mass is 228 g/mol. The zero-order valence-corrected chi connectivity index (χ0v) is 10.8. The molecule has 1 heterocycles. The van der Waals surface area contributed by atoms with Gasteiger partial charge in [0.05, 0.1) is 0 Å². The molecule has 2 rings (SSSR count). The second kappa shape index (κ2) is 4.76. The van der Waals surface area contributed by atoms with E-state index in [1.54, 1.807) is 0 Å². The van der Waals surface area contributed by atoms with Gasteiger partial charge in [-0.3, -0.25) is 0 Å². The van der Waals surface area contributed by atoms with Crippen LogP contribution in [0, 0.1) is 13.8 Å². The molecule has 0 saturated carbocycles. The lowest BCUT2D eigenvalue weighted by Crippen LogP contribution is -2.04. The fraction of sp³-hybridized carbons (Fsp3) is 0.333. The molecule has 0 radical (unpaired) electrons. The first-order valence-corrected chi connectivity index (χ1v) is 6.03. The van der Waals surface area contributed by atoms with Gasteiger partial charge in [0.15, 0.2) is 0 Å². The third kappa shape index (κ3) is 2.77. The van der Waals surface area contributed by atoms with Crippen LogP contribution in [0.3, 0.4) is 0 Å². The van der Waals surface area contributed by atoms with Crippen molar-refractivity contribution < 1.29 is 0 Å². The molecule has 0 spiro atoms. The van der Waals surface area contributed by atoms with Crippen molar-refractivity contribution in [2.45, 2.75) is 33.4 Å². The smallest absolute Gasteiger partial charge is 0.0470 e. The van der Waals surface area contributed by atoms with Gasteiger partial charge >= 0.3 is 0 Å². The molecule has 2 aromatic rings. The van der Waals surface area contributed by atoms with Gasteiger partial charge in [-0.05, 0) is 49.1 Å². The molecule has 0 aliphatic rings. The Bertz CT molecular complexity index is 509. The highest BCUT2D eigenvalue weighted by atomic mass is 14.9. The Labute approximate surface area is 103 Å². The lowest BCUT2D eigenvalue weighted by molar-refractivity contribution is 0.777. The van der Waals surface area contributed by atoms with Crippen LogP contribution in [-0.4, -0.2) is 4.57 Å². The molecule has 0 amide bonds. The van der Waals surface area contributed by atoms with E-state index in [1.807, 2.05) is 6.92 Å². The number of nitrogens with zero attached hydrogens (tertiary/aromatic N) is 1. The summed E-state index contributed by atoms with van der Waals surface area (Å²) >= 11 is 0. The summed E-state index contributed by atoms with van der Waals surface area (Å²) in [5.41, 5.74) is 11.1. The molecule has 1 aromatic heterocycles. The van der Waals surface area contributed by atoms with Crippen LogP contribution in [0.4, 0.5) is 0 Å². The Balaban J connectivity index is 2.16. The van der Waals surface area contributed by atoms with Gasteiger partial charge in [-0.1, -0.05) is 18.2 Å². The number of aromatic nitrogens is 1. The summed E-state index contributed by atoms with van der Waals surface area (Å²) in [6.45, 7) is 7.22. The Hall–Kier alpha value is -1.54. The van der Waals surface area contributed by atoms with E-state index in [-0.39, 0.29) is 6.04 Å². The van der Waals surface area contributed by atoms with Gasteiger partial charge in [0.25, 0.3) is 0 Å². The summed E-state index contributed by atoms with van der Waals surface area (Å²) in [7, 11) is 0. The van der Waals surface area contributed by atoms with E-state index in [0.717, 1.165) is 6.54 Å². The molecule has 1 atom stereocenters. The maximum Gasteiger partial charge on any atom is 0.0470 e. The van der Waals surface area contributed by atoms with Crippen LogP contribution < -0.4 is 5.73 Å². The molecule has 1 aromatic carbocycles. The van der Waals surface area contributed by atoms with Gasteiger partial charge < -0.3 is 10.3 Å². The van der Waals surface area contributed by atoms with Crippen molar-refractivity contribution in [3.05, 3.63) is 58.9 Å². The number of benzene rings is 1. The first kappa shape index (κ1) is 11.9. The minimum atomic E-state index is 0.107. The first-order chi connectivity index (χ1) is 8.06. The van der Waals surface area contributed by atoms with Gasteiger partial charge in [-0.25, -0.2) is 0 Å². The molecule has 2 nitrogen and oxygen atoms in total. The third-order valence-electron chi connectivity index (χ3n) is 3.24. The van der Waals surface area contributed by atoms with Crippen molar-refractivity contribution in [3.63, 3.8) is 0 Å². The number of hydrogen-bond donors (Lipinski definition) is 1. The summed E-state index contributed by atoms with van der Waals surface area (Å²) in [5.74, 6) is 0. The molecular formula is C15H20N2. The first-order valence-electron chi connectivity index (χ1n) is 6.03. The zero-order chi connectivity index (χ0) is 12.4. The van der Waals surface area contributed by atoms with Gasteiger partial charge in [0.1, 0.15) is 0 Å². The predicted molar refractivity (Wildman–Crippen MR) is 72.1 cm³/mol. The van der Waals surface area contributed by atoms with Gasteiger partial charge in [0, 0.05) is 25.0 Å². The van der Waals surface area contributed by atoms with Crippen molar-refractivity contribution >= 4 is 0 Å². The van der Waals surface area contributed by atoms with Crippen LogP contribution in [0.25, 0.3) is 0 Å². The van der Waals surface area contributed by atoms with E-state index in [1.165, 1.54) is 22.3 Å². The van der Waals surface area contributed by atoms with Crippen LogP contribution >= 0.6 is 0 Å². The fourth-order valence-corrected chi connectivity index (χ4v) is 1.94. The van der Waals surface area contributed by atoms with Crippen LogP contribution in [0.2, 0.25) is 0 Å². The molecule has 0 fully saturated rings. The van der Waals surface area contributed by atoms with E-state index < -0.39 is 0 Å². The number of hydrogen-bond acceptors (Lipinski definition) is 1. The Morgan fingerprint density at radius 2 is 1.94 bits per heavy atom. The van der Waals surface area contributed by atoms with Crippen molar-refractivity contribution in [3.8, 4) is 0 Å². The van der Waals surface area contributed by atoms with Crippen molar-refractivity contribution in [1.82, 2.24) is 4.57 Å². The van der Waals surface area contributed by atoms with Gasteiger partial charge in [-0.15, -0.1) is 0 Å². The highest BCUT2D eigenvalue weighted by molar-refractivity contribution is 5.30. The van der Waals surface area contributed by atoms with Gasteiger partial charge in [0.2, 0.25) is 0 Å². The minimum Gasteiger partial charge on any atom is -0.350 e. The van der Waals surface area contributed by atoms with Gasteiger partial charge in [-0.2, -0.15) is 0 Å². The maximum absolute atomic E-state index is 5.85. The van der Waals surface area contributed by atoms with Crippen LogP contribution in [0.5, 0.6) is 0 Å². The summed E-state index contributed by atoms with van der Waals surface area (Å²) in [4.78, 5) is 0. The van der Waals surface area contributed by atoms with E-state index in [0.29, 0.717) is 0 Å². The molecule has 0 aliphatic carbocycles. The summed E-state index contributed by atoms with van der Waals surface area (Å²) in [6, 6.07) is 8.82. The molecule has 2 N–H and O–H groups in total. The molecule has 0 saturated heterocycles. The lowest BCUT2D eigenvalue weighted by atomic mass is 10.1. The topological polar surface area (TPSA) is 30.9 Å². The molecule has 0 bridgehead atoms. The van der Waals surface area contributed by atoms with Crippen molar-refractivity contribution in [2.24, 2.45) is 5.73 Å². The average molecular weight is 228 g/mol. The van der Waals surface area contributed by atoms with Crippen LogP contribution in [-0.2, 0) is 6.54 Å². The van der Waals surface area contributed by atoms with Crippen molar-refractivity contribution in [2.75, 3.05) is 0 Å². The standard InChI is InChI=1S/C15H20N2/c1-11-4-5-14(8-12(11)2)9-17-7-6-15(10-17)13(3)16/h4-8,10,13H,9,16H2,1-3H3. The number of rotatable bonds is 3. The molecule has 1 unspecified atom stereocenters. The predicted octanol–water partition coefficient (Wildman–Crippen LogP) is 3.17. The molecule has 0 aliphatic heterocycles. The van der Waals surface area contributed by atoms with Crippen molar-refractivity contribution in [1.29, 1.82) is 0 Å². The van der Waals surface area contributed by atoms with Crippen LogP contribution in [0.15, 0.2) is 36.7 Å². The minimum absolute atomic E-state index is 0.107. The van der Waals surface area contributed by atoms with Crippen LogP contribution in [0.1, 0.15) is 35.2 Å². The third-order valence-corrected chi connectivity index (χ3v) is 3.24. The Kier molecular flexibility index (Phi) is 3.34. The number of aryl methyl sites for hydroxylation is 2.